The zero-order valence-electron chi connectivity index (χ0n) is 13.7. The van der Waals surface area contributed by atoms with Gasteiger partial charge in [0.15, 0.2) is 5.16 Å². The third kappa shape index (κ3) is 5.02. The molecule has 0 aliphatic heterocycles. The lowest BCUT2D eigenvalue weighted by Crippen LogP contribution is -2.22. The molecule has 1 aromatic heterocycles. The number of benzene rings is 1. The predicted octanol–water partition coefficient (Wildman–Crippen LogP) is 1.37. The molecule has 1 aromatic carbocycles. The van der Waals surface area contributed by atoms with E-state index in [1.54, 1.807) is 27.3 Å². The summed E-state index contributed by atoms with van der Waals surface area (Å²) >= 11 is 1.37. The minimum Gasteiger partial charge on any atom is -0.497 e. The monoisotopic (exact) mass is 349 g/mol. The van der Waals surface area contributed by atoms with Crippen LogP contribution in [0, 0.1) is 0 Å². The molecule has 0 bridgehead atoms. The lowest BCUT2D eigenvalue weighted by molar-refractivity contribution is -0.120. The highest BCUT2D eigenvalue weighted by molar-refractivity contribution is 7.98. The van der Waals surface area contributed by atoms with Gasteiger partial charge in [0.25, 0.3) is 5.56 Å². The van der Waals surface area contributed by atoms with Crippen LogP contribution in [0.2, 0.25) is 0 Å². The normalized spacial score (nSPS) is 10.3. The summed E-state index contributed by atoms with van der Waals surface area (Å²) in [4.78, 5) is 30.1. The minimum atomic E-state index is -0.283. The highest BCUT2D eigenvalue weighted by atomic mass is 32.2. The molecule has 128 valence electrons. The number of carbonyl (C=O) groups is 1. The van der Waals surface area contributed by atoms with Crippen molar-refractivity contribution in [2.45, 2.75) is 17.3 Å². The van der Waals surface area contributed by atoms with Crippen molar-refractivity contribution >= 4 is 17.7 Å². The zero-order valence-corrected chi connectivity index (χ0v) is 14.5. The summed E-state index contributed by atoms with van der Waals surface area (Å²) in [5.41, 5.74) is 1.12. The standard InChI is InChI=1S/C16H19N3O4S/c1-17-14(20)6-11-7-15(21)19-16(18-11)24-9-10-4-12(22-2)8-13(5-10)23-3/h4-5,7-8H,6,9H2,1-3H3,(H,17,20)(H,18,19,21). The molecule has 0 atom stereocenters. The van der Waals surface area contributed by atoms with Gasteiger partial charge < -0.3 is 19.8 Å². The number of nitrogens with zero attached hydrogens (tertiary/aromatic N) is 1. The van der Waals surface area contributed by atoms with Crippen molar-refractivity contribution in [2.24, 2.45) is 0 Å². The van der Waals surface area contributed by atoms with Gasteiger partial charge in [-0.3, -0.25) is 9.59 Å². The number of ether oxygens (including phenoxy) is 2. The van der Waals surface area contributed by atoms with E-state index in [1.165, 1.54) is 17.8 Å². The van der Waals surface area contributed by atoms with Crippen molar-refractivity contribution in [3.63, 3.8) is 0 Å². The molecule has 2 N–H and O–H groups in total. The van der Waals surface area contributed by atoms with E-state index in [0.717, 1.165) is 5.56 Å². The van der Waals surface area contributed by atoms with Crippen molar-refractivity contribution < 1.29 is 14.3 Å². The minimum absolute atomic E-state index is 0.0704. The van der Waals surface area contributed by atoms with E-state index in [9.17, 15) is 9.59 Å². The topological polar surface area (TPSA) is 93.3 Å². The number of thioether (sulfide) groups is 1. The van der Waals surface area contributed by atoms with Crippen molar-refractivity contribution in [3.05, 3.63) is 45.9 Å². The number of methoxy groups -OCH3 is 2. The highest BCUT2D eigenvalue weighted by Crippen LogP contribution is 2.26. The van der Waals surface area contributed by atoms with E-state index in [4.69, 9.17) is 9.47 Å². The van der Waals surface area contributed by atoms with Gasteiger partial charge in [-0.05, 0) is 17.7 Å². The Morgan fingerprint density at radius 1 is 1.21 bits per heavy atom. The van der Waals surface area contributed by atoms with Gasteiger partial charge >= 0.3 is 0 Å². The molecule has 2 aromatic rings. The van der Waals surface area contributed by atoms with Gasteiger partial charge in [0.05, 0.1) is 26.3 Å². The Bertz CT molecular complexity index is 754. The quantitative estimate of drug-likeness (QED) is 0.579. The van der Waals surface area contributed by atoms with Crippen LogP contribution in [0.25, 0.3) is 0 Å². The van der Waals surface area contributed by atoms with Gasteiger partial charge in [0.2, 0.25) is 5.91 Å². The SMILES string of the molecule is CNC(=O)Cc1cc(=O)[nH]c(SCc2cc(OC)cc(OC)c2)n1. The molecule has 0 unspecified atom stereocenters. The molecular formula is C16H19N3O4S. The number of carbonyl (C=O) groups excluding carboxylic acids is 1. The molecule has 1 amide bonds. The molecule has 0 aliphatic carbocycles. The Hall–Kier alpha value is -2.48. The van der Waals surface area contributed by atoms with Crippen LogP contribution in [-0.2, 0) is 17.0 Å². The lowest BCUT2D eigenvalue weighted by atomic mass is 10.2. The Morgan fingerprint density at radius 3 is 2.46 bits per heavy atom. The van der Waals surface area contributed by atoms with Gasteiger partial charge in [0.1, 0.15) is 11.5 Å². The molecule has 8 heteroatoms. The van der Waals surface area contributed by atoms with E-state index in [-0.39, 0.29) is 17.9 Å². The van der Waals surface area contributed by atoms with Crippen molar-refractivity contribution in [1.29, 1.82) is 0 Å². The summed E-state index contributed by atoms with van der Waals surface area (Å²) in [6, 6.07) is 6.90. The summed E-state index contributed by atoms with van der Waals surface area (Å²) in [7, 11) is 4.72. The molecule has 7 nitrogen and oxygen atoms in total. The largest absolute Gasteiger partial charge is 0.497 e. The first-order chi connectivity index (χ1) is 11.5. The Morgan fingerprint density at radius 2 is 1.88 bits per heavy atom. The van der Waals surface area contributed by atoms with Crippen molar-refractivity contribution in [3.8, 4) is 11.5 Å². The molecule has 24 heavy (non-hydrogen) atoms. The summed E-state index contributed by atoms with van der Waals surface area (Å²) in [5, 5.41) is 2.97. The number of aromatic amines is 1. The van der Waals surface area contributed by atoms with Gasteiger partial charge in [-0.25, -0.2) is 4.98 Å². The number of H-pyrrole nitrogens is 1. The van der Waals surface area contributed by atoms with Crippen LogP contribution in [-0.4, -0.2) is 37.1 Å². The summed E-state index contributed by atoms with van der Waals surface area (Å²) in [5.74, 6) is 1.76. The smallest absolute Gasteiger partial charge is 0.251 e. The van der Waals surface area contributed by atoms with E-state index < -0.39 is 0 Å². The van der Waals surface area contributed by atoms with Gasteiger partial charge in [-0.15, -0.1) is 0 Å². The molecule has 2 rings (SSSR count). The third-order valence-electron chi connectivity index (χ3n) is 3.18. The second-order valence-corrected chi connectivity index (χ2v) is 5.87. The zero-order chi connectivity index (χ0) is 17.5. The highest BCUT2D eigenvalue weighted by Gasteiger charge is 2.08. The van der Waals surface area contributed by atoms with Crippen molar-refractivity contribution in [1.82, 2.24) is 15.3 Å². The van der Waals surface area contributed by atoms with Crippen LogP contribution >= 0.6 is 11.8 Å². The number of rotatable bonds is 7. The fraction of sp³-hybridized carbons (Fsp3) is 0.312. The van der Waals surface area contributed by atoms with Crippen LogP contribution < -0.4 is 20.3 Å². The summed E-state index contributed by atoms with van der Waals surface area (Å²) < 4.78 is 10.5. The number of hydrogen-bond acceptors (Lipinski definition) is 6. The molecule has 0 fully saturated rings. The van der Waals surface area contributed by atoms with E-state index in [0.29, 0.717) is 28.1 Å². The average molecular weight is 349 g/mol. The van der Waals surface area contributed by atoms with Crippen LogP contribution in [0.3, 0.4) is 0 Å². The second-order valence-electron chi connectivity index (χ2n) is 4.90. The second kappa shape index (κ2) is 8.39. The number of likely N-dealkylation sites (N-methyl/N-ethyl adjacent to an activating group) is 1. The maximum absolute atomic E-state index is 11.7. The lowest BCUT2D eigenvalue weighted by Gasteiger charge is -2.08. The van der Waals surface area contributed by atoms with E-state index in [2.05, 4.69) is 15.3 Å². The van der Waals surface area contributed by atoms with E-state index in [1.807, 2.05) is 12.1 Å². The number of nitrogens with one attached hydrogen (secondary N) is 2. The first kappa shape index (κ1) is 17.9. The first-order valence-corrected chi connectivity index (χ1v) is 8.18. The Kier molecular flexibility index (Phi) is 6.25. The Labute approximate surface area is 143 Å². The van der Waals surface area contributed by atoms with Gasteiger partial charge in [-0.1, -0.05) is 11.8 Å². The fourth-order valence-electron chi connectivity index (χ4n) is 2.00. The molecule has 0 saturated carbocycles. The molecule has 0 saturated heterocycles. The number of amides is 1. The third-order valence-corrected chi connectivity index (χ3v) is 4.12. The van der Waals surface area contributed by atoms with Crippen molar-refractivity contribution in [2.75, 3.05) is 21.3 Å². The predicted molar refractivity (Wildman–Crippen MR) is 91.7 cm³/mol. The molecule has 1 heterocycles. The van der Waals surface area contributed by atoms with Gasteiger partial charge in [-0.2, -0.15) is 0 Å². The van der Waals surface area contributed by atoms with Crippen LogP contribution in [0.5, 0.6) is 11.5 Å². The average Bonchev–Trinajstić information content (AvgIpc) is 2.59. The maximum atomic E-state index is 11.7. The summed E-state index contributed by atoms with van der Waals surface area (Å²) in [6.45, 7) is 0. The van der Waals surface area contributed by atoms with Gasteiger partial charge in [0, 0.05) is 24.9 Å². The number of hydrogen-bond donors (Lipinski definition) is 2. The molecule has 0 radical (unpaired) electrons. The Balaban J connectivity index is 2.14. The van der Waals surface area contributed by atoms with Crippen LogP contribution in [0.1, 0.15) is 11.3 Å². The molecule has 0 spiro atoms. The van der Waals surface area contributed by atoms with Crippen LogP contribution in [0.15, 0.2) is 34.2 Å². The van der Waals surface area contributed by atoms with Crippen LogP contribution in [0.4, 0.5) is 0 Å². The summed E-state index contributed by atoms with van der Waals surface area (Å²) in [6.07, 6.45) is 0.0704. The first-order valence-electron chi connectivity index (χ1n) is 7.19. The maximum Gasteiger partial charge on any atom is 0.251 e. The molecular weight excluding hydrogens is 330 g/mol. The molecule has 0 aliphatic rings. The number of aromatic nitrogens is 2. The fourth-order valence-corrected chi connectivity index (χ4v) is 2.82. The van der Waals surface area contributed by atoms with E-state index >= 15 is 0 Å².